The maximum Gasteiger partial charge on any atom is 0.435 e. The van der Waals surface area contributed by atoms with Crippen LogP contribution < -0.4 is 0 Å². The lowest BCUT2D eigenvalue weighted by atomic mass is 10.0. The third-order valence-corrected chi connectivity index (χ3v) is 6.26. The Morgan fingerprint density at radius 3 is 2.27 bits per heavy atom. The lowest BCUT2D eigenvalue weighted by Crippen LogP contribution is -2.14. The van der Waals surface area contributed by atoms with Gasteiger partial charge in [0.15, 0.2) is 11.5 Å². The molecule has 4 rings (SSSR count). The number of pyridine rings is 1. The Morgan fingerprint density at radius 1 is 0.909 bits per heavy atom. The molecule has 0 unspecified atom stereocenters. The minimum Gasteiger partial charge on any atom is -0.237 e. The molecule has 3 nitrogen and oxygen atoms in total. The van der Waals surface area contributed by atoms with Crippen LogP contribution in [0.15, 0.2) is 54.7 Å². The molecule has 33 heavy (non-hydrogen) atoms. The smallest absolute Gasteiger partial charge is 0.237 e. The summed E-state index contributed by atoms with van der Waals surface area (Å²) in [5, 5.41) is 3.46. The minimum absolute atomic E-state index is 0.120. The molecule has 4 aromatic rings. The van der Waals surface area contributed by atoms with E-state index in [0.717, 1.165) is 52.4 Å². The van der Waals surface area contributed by atoms with Crippen LogP contribution in [0, 0.1) is 6.92 Å². The number of halogens is 6. The van der Waals surface area contributed by atoms with Crippen molar-refractivity contribution in [3.05, 3.63) is 77.1 Å². The van der Waals surface area contributed by atoms with Gasteiger partial charge in [-0.25, -0.2) is 9.67 Å². The Balaban J connectivity index is 1.88. The second-order valence-corrected chi connectivity index (χ2v) is 8.45. The molecule has 1 aromatic carbocycles. The van der Waals surface area contributed by atoms with E-state index >= 15 is 0 Å². The van der Waals surface area contributed by atoms with E-state index in [1.807, 2.05) is 32.0 Å². The highest BCUT2D eigenvalue weighted by Crippen LogP contribution is 2.41. The number of nitrogens with zero attached hydrogens (tertiary/aromatic N) is 3. The molecule has 0 spiro atoms. The van der Waals surface area contributed by atoms with Gasteiger partial charge in [-0.1, -0.05) is 25.1 Å². The number of benzene rings is 1. The zero-order valence-electron chi connectivity index (χ0n) is 17.4. The predicted molar refractivity (Wildman–Crippen MR) is 114 cm³/mol. The van der Waals surface area contributed by atoms with Crippen molar-refractivity contribution in [1.82, 2.24) is 14.8 Å². The number of hydrogen-bond acceptors (Lipinski definition) is 3. The Morgan fingerprint density at radius 2 is 1.64 bits per heavy atom. The fourth-order valence-electron chi connectivity index (χ4n) is 3.49. The molecule has 3 aromatic heterocycles. The molecule has 3 heterocycles. The zero-order chi connectivity index (χ0) is 24.0. The highest BCUT2D eigenvalue weighted by atomic mass is 32.1. The maximum absolute atomic E-state index is 13.5. The maximum atomic E-state index is 13.5. The van der Waals surface area contributed by atoms with Gasteiger partial charge in [-0.05, 0) is 60.4 Å². The van der Waals surface area contributed by atoms with E-state index in [2.05, 4.69) is 10.1 Å². The molecule has 172 valence electrons. The van der Waals surface area contributed by atoms with Gasteiger partial charge < -0.3 is 0 Å². The molecule has 0 aliphatic carbocycles. The molecule has 0 saturated carbocycles. The summed E-state index contributed by atoms with van der Waals surface area (Å²) in [5.74, 6) is -0.714. The van der Waals surface area contributed by atoms with Gasteiger partial charge in [0.2, 0.25) is 0 Å². The van der Waals surface area contributed by atoms with Crippen LogP contribution in [-0.2, 0) is 18.8 Å². The summed E-state index contributed by atoms with van der Waals surface area (Å²) in [5.41, 5.74) is 0.456. The molecule has 0 radical (unpaired) electrons. The van der Waals surface area contributed by atoms with Gasteiger partial charge in [-0.3, -0.25) is 0 Å². The van der Waals surface area contributed by atoms with Crippen molar-refractivity contribution < 1.29 is 26.3 Å². The van der Waals surface area contributed by atoms with Gasteiger partial charge in [0.25, 0.3) is 0 Å². The van der Waals surface area contributed by atoms with E-state index in [1.54, 1.807) is 12.1 Å². The summed E-state index contributed by atoms with van der Waals surface area (Å²) in [4.78, 5) is 4.83. The summed E-state index contributed by atoms with van der Waals surface area (Å²) >= 11 is 1.18. The van der Waals surface area contributed by atoms with E-state index < -0.39 is 29.4 Å². The topological polar surface area (TPSA) is 30.7 Å². The molecule has 0 N–H and O–H groups in total. The molecule has 0 amide bonds. The first kappa shape index (κ1) is 23.0. The van der Waals surface area contributed by atoms with Crippen molar-refractivity contribution in [2.24, 2.45) is 0 Å². The molecule has 0 aliphatic heterocycles. The normalized spacial score (nSPS) is 12.4. The number of hydrogen-bond donors (Lipinski definition) is 0. The van der Waals surface area contributed by atoms with Gasteiger partial charge in [-0.2, -0.15) is 31.4 Å². The standard InChI is InChI=1S/C23H17F6N3S/c1-3-14-6-7-15(13(2)11-14)18-8-9-19(33-18)17-12-20(23(27,28)29)31-32(17)21-16(22(24,25)26)5-4-10-30-21/h4-12H,3H2,1-2H3. The Bertz CT molecular complexity index is 1300. The van der Waals surface area contributed by atoms with E-state index in [-0.39, 0.29) is 5.69 Å². The number of alkyl halides is 6. The van der Waals surface area contributed by atoms with Crippen LogP contribution >= 0.6 is 11.3 Å². The quantitative estimate of drug-likeness (QED) is 0.282. The van der Waals surface area contributed by atoms with Crippen molar-refractivity contribution >= 4 is 11.3 Å². The largest absolute Gasteiger partial charge is 0.435 e. The lowest BCUT2D eigenvalue weighted by Gasteiger charge is -2.13. The van der Waals surface area contributed by atoms with E-state index in [4.69, 9.17) is 0 Å². The number of aromatic nitrogens is 3. The first-order valence-corrected chi connectivity index (χ1v) is 10.7. The van der Waals surface area contributed by atoms with Gasteiger partial charge in [-0.15, -0.1) is 11.3 Å². The van der Waals surface area contributed by atoms with Crippen LogP contribution in [0.2, 0.25) is 0 Å². The summed E-state index contributed by atoms with van der Waals surface area (Å²) < 4.78 is 81.5. The van der Waals surface area contributed by atoms with Gasteiger partial charge >= 0.3 is 12.4 Å². The molecule has 0 aliphatic rings. The van der Waals surface area contributed by atoms with Crippen LogP contribution in [0.1, 0.15) is 29.3 Å². The monoisotopic (exact) mass is 481 g/mol. The Hall–Kier alpha value is -3.14. The second-order valence-electron chi connectivity index (χ2n) is 7.36. The molecular formula is C23H17F6N3S. The first-order valence-electron chi connectivity index (χ1n) is 9.89. The van der Waals surface area contributed by atoms with Crippen molar-refractivity contribution in [1.29, 1.82) is 0 Å². The van der Waals surface area contributed by atoms with Crippen LogP contribution in [0.5, 0.6) is 0 Å². The average Bonchev–Trinajstić information content (AvgIpc) is 3.40. The second kappa shape index (κ2) is 8.33. The highest BCUT2D eigenvalue weighted by Gasteiger charge is 2.39. The summed E-state index contributed by atoms with van der Waals surface area (Å²) in [7, 11) is 0. The molecule has 0 saturated heterocycles. The minimum atomic E-state index is -4.83. The van der Waals surface area contributed by atoms with Crippen LogP contribution in [0.4, 0.5) is 26.3 Å². The molecular weight excluding hydrogens is 464 g/mol. The first-order chi connectivity index (χ1) is 15.5. The van der Waals surface area contributed by atoms with Crippen molar-refractivity contribution in [2.75, 3.05) is 0 Å². The molecule has 0 fully saturated rings. The third kappa shape index (κ3) is 4.52. The van der Waals surface area contributed by atoms with Crippen molar-refractivity contribution in [3.8, 4) is 26.8 Å². The number of aryl methyl sites for hydroxylation is 2. The SMILES string of the molecule is CCc1ccc(-c2ccc(-c3cc(C(F)(F)F)nn3-c3ncccc3C(F)(F)F)s2)c(C)c1. The fourth-order valence-corrected chi connectivity index (χ4v) is 4.58. The summed E-state index contributed by atoms with van der Waals surface area (Å²) in [6.45, 7) is 3.97. The predicted octanol–water partition coefficient (Wildman–Crippen LogP) is 7.57. The summed E-state index contributed by atoms with van der Waals surface area (Å²) in [6.07, 6.45) is -7.70. The lowest BCUT2D eigenvalue weighted by molar-refractivity contribution is -0.141. The molecule has 0 atom stereocenters. The fraction of sp³-hybridized carbons (Fsp3) is 0.217. The summed E-state index contributed by atoms with van der Waals surface area (Å²) in [6, 6.07) is 11.8. The molecule has 0 bridgehead atoms. The van der Waals surface area contributed by atoms with Crippen molar-refractivity contribution in [2.45, 2.75) is 32.6 Å². The number of rotatable bonds is 4. The van der Waals surface area contributed by atoms with Gasteiger partial charge in [0.1, 0.15) is 5.56 Å². The van der Waals surface area contributed by atoms with Gasteiger partial charge in [0, 0.05) is 11.1 Å². The van der Waals surface area contributed by atoms with Crippen LogP contribution in [0.3, 0.4) is 0 Å². The van der Waals surface area contributed by atoms with Crippen molar-refractivity contribution in [3.63, 3.8) is 0 Å². The average molecular weight is 481 g/mol. The molecule has 10 heteroatoms. The van der Waals surface area contributed by atoms with Gasteiger partial charge in [0.05, 0.1) is 10.6 Å². The zero-order valence-corrected chi connectivity index (χ0v) is 18.2. The van der Waals surface area contributed by atoms with E-state index in [9.17, 15) is 26.3 Å². The van der Waals surface area contributed by atoms with E-state index in [0.29, 0.717) is 9.56 Å². The Kier molecular flexibility index (Phi) is 5.81. The third-order valence-electron chi connectivity index (χ3n) is 5.12. The van der Waals surface area contributed by atoms with Crippen LogP contribution in [-0.4, -0.2) is 14.8 Å². The van der Waals surface area contributed by atoms with E-state index in [1.165, 1.54) is 11.3 Å². The van der Waals surface area contributed by atoms with Crippen LogP contribution in [0.25, 0.3) is 26.8 Å². The Labute approximate surface area is 189 Å². The number of thiophene rings is 1. The highest BCUT2D eigenvalue weighted by molar-refractivity contribution is 7.18.